The number of hydrogen-bond acceptors (Lipinski definition) is 4. The van der Waals surface area contributed by atoms with E-state index < -0.39 is 23.6 Å². The quantitative estimate of drug-likeness (QED) is 0.712. The first-order chi connectivity index (χ1) is 15.7. The molecule has 1 heterocycles. The highest BCUT2D eigenvalue weighted by Crippen LogP contribution is 2.51. The number of morpholine rings is 1. The van der Waals surface area contributed by atoms with Gasteiger partial charge in [-0.25, -0.2) is 0 Å². The Morgan fingerprint density at radius 2 is 1.76 bits per heavy atom. The van der Waals surface area contributed by atoms with Gasteiger partial charge in [-0.15, -0.1) is 0 Å². The van der Waals surface area contributed by atoms with Crippen molar-refractivity contribution in [3.8, 4) is 0 Å². The molecule has 2 aromatic carbocycles. The molecule has 1 aliphatic heterocycles. The Balaban J connectivity index is 1.30. The van der Waals surface area contributed by atoms with E-state index in [2.05, 4.69) is 10.2 Å². The van der Waals surface area contributed by atoms with E-state index in [1.54, 1.807) is 18.2 Å². The van der Waals surface area contributed by atoms with E-state index in [1.165, 1.54) is 24.1 Å². The lowest BCUT2D eigenvalue weighted by Crippen LogP contribution is -2.36. The highest BCUT2D eigenvalue weighted by Gasteiger charge is 2.48. The van der Waals surface area contributed by atoms with Crippen LogP contribution in [0.3, 0.4) is 0 Å². The molecule has 0 bridgehead atoms. The van der Waals surface area contributed by atoms with E-state index in [9.17, 15) is 22.8 Å². The zero-order chi connectivity index (χ0) is 23.6. The Hall–Kier alpha value is -3.07. The van der Waals surface area contributed by atoms with Crippen LogP contribution in [0.1, 0.15) is 23.5 Å². The fourth-order valence-corrected chi connectivity index (χ4v) is 4.24. The Bertz CT molecular complexity index is 1000. The maximum Gasteiger partial charge on any atom is 0.416 e. The average Bonchev–Trinajstić information content (AvgIpc) is 3.60. The summed E-state index contributed by atoms with van der Waals surface area (Å²) >= 11 is 0. The fraction of sp³-hybridized carbons (Fsp3) is 0.417. The SMILES string of the molecule is CN(CC(=O)Nc1ccc(N2CCOCC2)cc1)C(=O)C1CC1c1ccccc1C(F)(F)F. The molecule has 1 N–H and O–H groups in total. The molecule has 33 heavy (non-hydrogen) atoms. The summed E-state index contributed by atoms with van der Waals surface area (Å²) < 4.78 is 45.2. The molecular weight excluding hydrogens is 435 g/mol. The van der Waals surface area contributed by atoms with Gasteiger partial charge in [0, 0.05) is 37.4 Å². The summed E-state index contributed by atoms with van der Waals surface area (Å²) in [5, 5.41) is 2.76. The number of likely N-dealkylation sites (N-methyl/N-ethyl adjacent to an activating group) is 1. The number of ether oxygens (including phenoxy) is 1. The number of rotatable bonds is 6. The molecule has 0 radical (unpaired) electrons. The van der Waals surface area contributed by atoms with Crippen LogP contribution in [-0.2, 0) is 20.5 Å². The normalized spacial score (nSPS) is 20.3. The summed E-state index contributed by atoms with van der Waals surface area (Å²) in [7, 11) is 1.49. The van der Waals surface area contributed by atoms with Gasteiger partial charge in [-0.2, -0.15) is 13.2 Å². The third-order valence-electron chi connectivity index (χ3n) is 6.06. The number of carbonyl (C=O) groups is 2. The van der Waals surface area contributed by atoms with Crippen LogP contribution in [0.4, 0.5) is 24.5 Å². The minimum absolute atomic E-state index is 0.140. The Morgan fingerprint density at radius 3 is 2.42 bits per heavy atom. The third kappa shape index (κ3) is 5.47. The zero-order valence-electron chi connectivity index (χ0n) is 18.3. The fourth-order valence-electron chi connectivity index (χ4n) is 4.24. The van der Waals surface area contributed by atoms with Gasteiger partial charge in [-0.05, 0) is 48.2 Å². The molecule has 2 atom stereocenters. The number of anilines is 2. The molecule has 2 unspecified atom stereocenters. The van der Waals surface area contributed by atoms with Crippen molar-refractivity contribution in [1.82, 2.24) is 4.90 Å². The topological polar surface area (TPSA) is 61.9 Å². The summed E-state index contributed by atoms with van der Waals surface area (Å²) in [6.45, 7) is 2.82. The number of hydrogen-bond donors (Lipinski definition) is 1. The number of nitrogens with one attached hydrogen (secondary N) is 1. The largest absolute Gasteiger partial charge is 0.416 e. The summed E-state index contributed by atoms with van der Waals surface area (Å²) in [6.07, 6.45) is -4.11. The van der Waals surface area contributed by atoms with Crippen molar-refractivity contribution in [3.63, 3.8) is 0 Å². The molecule has 2 aromatic rings. The number of carbonyl (C=O) groups excluding carboxylic acids is 2. The van der Waals surface area contributed by atoms with Crippen molar-refractivity contribution in [2.24, 2.45) is 5.92 Å². The van der Waals surface area contributed by atoms with Crippen LogP contribution in [0, 0.1) is 5.92 Å². The summed E-state index contributed by atoms with van der Waals surface area (Å²) in [6, 6.07) is 12.8. The summed E-state index contributed by atoms with van der Waals surface area (Å²) in [5.74, 6) is -1.71. The molecule has 1 saturated heterocycles. The van der Waals surface area contributed by atoms with Crippen LogP contribution >= 0.6 is 0 Å². The predicted molar refractivity (Wildman–Crippen MR) is 118 cm³/mol. The van der Waals surface area contributed by atoms with Crippen molar-refractivity contribution < 1.29 is 27.5 Å². The van der Waals surface area contributed by atoms with E-state index in [0.717, 1.165) is 24.8 Å². The van der Waals surface area contributed by atoms with Crippen LogP contribution in [0.2, 0.25) is 0 Å². The molecule has 2 amide bonds. The van der Waals surface area contributed by atoms with Gasteiger partial charge in [-0.3, -0.25) is 9.59 Å². The lowest BCUT2D eigenvalue weighted by molar-refractivity contribution is -0.138. The van der Waals surface area contributed by atoms with Crippen LogP contribution in [0.25, 0.3) is 0 Å². The highest BCUT2D eigenvalue weighted by atomic mass is 19.4. The molecule has 6 nitrogen and oxygen atoms in total. The van der Waals surface area contributed by atoms with Gasteiger partial charge < -0.3 is 19.9 Å². The smallest absolute Gasteiger partial charge is 0.378 e. The van der Waals surface area contributed by atoms with E-state index in [-0.39, 0.29) is 23.9 Å². The second-order valence-corrected chi connectivity index (χ2v) is 8.42. The van der Waals surface area contributed by atoms with E-state index in [4.69, 9.17) is 4.74 Å². The van der Waals surface area contributed by atoms with E-state index in [1.807, 2.05) is 12.1 Å². The minimum Gasteiger partial charge on any atom is -0.378 e. The van der Waals surface area contributed by atoms with Crippen LogP contribution in [0.15, 0.2) is 48.5 Å². The van der Waals surface area contributed by atoms with Gasteiger partial charge in [0.15, 0.2) is 0 Å². The average molecular weight is 461 g/mol. The maximum absolute atomic E-state index is 13.3. The van der Waals surface area contributed by atoms with Crippen molar-refractivity contribution in [2.75, 3.05) is 50.1 Å². The molecule has 1 saturated carbocycles. The van der Waals surface area contributed by atoms with Gasteiger partial charge in [0.1, 0.15) is 0 Å². The standard InChI is InChI=1S/C24H26F3N3O3/c1-29(23(32)20-14-19(20)18-4-2-3-5-21(18)24(25,26)27)15-22(31)28-16-6-8-17(9-7-16)30-10-12-33-13-11-30/h2-9,19-20H,10-15H2,1H3,(H,28,31). The molecule has 9 heteroatoms. The Labute approximate surface area is 190 Å². The van der Waals surface area contributed by atoms with Gasteiger partial charge in [0.05, 0.1) is 25.3 Å². The molecule has 0 aromatic heterocycles. The highest BCUT2D eigenvalue weighted by molar-refractivity contribution is 5.95. The molecule has 4 rings (SSSR count). The number of amides is 2. The van der Waals surface area contributed by atoms with Crippen molar-refractivity contribution >= 4 is 23.2 Å². The molecule has 0 spiro atoms. The number of halogens is 3. The summed E-state index contributed by atoms with van der Waals surface area (Å²) in [4.78, 5) is 28.6. The third-order valence-corrected chi connectivity index (χ3v) is 6.06. The Morgan fingerprint density at radius 1 is 1.09 bits per heavy atom. The second-order valence-electron chi connectivity index (χ2n) is 8.42. The van der Waals surface area contributed by atoms with Gasteiger partial charge >= 0.3 is 6.18 Å². The van der Waals surface area contributed by atoms with Crippen LogP contribution < -0.4 is 10.2 Å². The first-order valence-electron chi connectivity index (χ1n) is 10.9. The molecule has 2 aliphatic rings. The Kier molecular flexibility index (Phi) is 6.60. The lowest BCUT2D eigenvalue weighted by atomic mass is 10.0. The summed E-state index contributed by atoms with van der Waals surface area (Å²) in [5.41, 5.74) is 1.09. The van der Waals surface area contributed by atoms with Gasteiger partial charge in [0.2, 0.25) is 11.8 Å². The lowest BCUT2D eigenvalue weighted by Gasteiger charge is -2.28. The molecule has 2 fully saturated rings. The first-order valence-corrected chi connectivity index (χ1v) is 10.9. The van der Waals surface area contributed by atoms with Crippen LogP contribution in [-0.4, -0.2) is 56.6 Å². The van der Waals surface area contributed by atoms with Gasteiger partial charge in [-0.1, -0.05) is 18.2 Å². The van der Waals surface area contributed by atoms with Crippen molar-refractivity contribution in [2.45, 2.75) is 18.5 Å². The second kappa shape index (κ2) is 9.43. The maximum atomic E-state index is 13.3. The van der Waals surface area contributed by atoms with Crippen molar-refractivity contribution in [3.05, 3.63) is 59.7 Å². The molecule has 1 aliphatic carbocycles. The number of benzene rings is 2. The van der Waals surface area contributed by atoms with Crippen LogP contribution in [0.5, 0.6) is 0 Å². The van der Waals surface area contributed by atoms with Gasteiger partial charge in [0.25, 0.3) is 0 Å². The predicted octanol–water partition coefficient (Wildman–Crippen LogP) is 3.74. The van der Waals surface area contributed by atoms with Crippen molar-refractivity contribution in [1.29, 1.82) is 0 Å². The van der Waals surface area contributed by atoms with E-state index in [0.29, 0.717) is 25.3 Å². The monoisotopic (exact) mass is 461 g/mol. The van der Waals surface area contributed by atoms with E-state index >= 15 is 0 Å². The molecular formula is C24H26F3N3O3. The number of alkyl halides is 3. The minimum atomic E-state index is -4.46. The first kappa shape index (κ1) is 23.1. The zero-order valence-corrected chi connectivity index (χ0v) is 18.3. The molecule has 176 valence electrons. The number of nitrogens with zero attached hydrogens (tertiary/aromatic N) is 2.